The summed E-state index contributed by atoms with van der Waals surface area (Å²) in [5.74, 6) is 0.256. The Kier molecular flexibility index (Phi) is 7.12. The summed E-state index contributed by atoms with van der Waals surface area (Å²) in [6.07, 6.45) is 3.35. The third kappa shape index (κ3) is 4.93. The van der Waals surface area contributed by atoms with Crippen LogP contribution in [0.3, 0.4) is 0 Å². The summed E-state index contributed by atoms with van der Waals surface area (Å²) in [7, 11) is 0. The lowest BCUT2D eigenvalue weighted by Crippen LogP contribution is -2.19. The zero-order valence-corrected chi connectivity index (χ0v) is 18.8. The molecule has 0 atom stereocenters. The summed E-state index contributed by atoms with van der Waals surface area (Å²) >= 11 is 23.1. The predicted molar refractivity (Wildman–Crippen MR) is 122 cm³/mol. The summed E-state index contributed by atoms with van der Waals surface area (Å²) in [5.41, 5.74) is 1.22. The van der Waals surface area contributed by atoms with Gasteiger partial charge in [-0.1, -0.05) is 53.5 Å². The average Bonchev–Trinajstić information content (AvgIpc) is 2.97. The Morgan fingerprint density at radius 2 is 2.04 bits per heavy atom. The Hall–Kier alpha value is -1.44. The van der Waals surface area contributed by atoms with E-state index in [1.807, 2.05) is 6.07 Å². The summed E-state index contributed by atoms with van der Waals surface area (Å²) < 4.78 is 6.20. The van der Waals surface area contributed by atoms with Crippen molar-refractivity contribution in [2.75, 3.05) is 6.61 Å². The van der Waals surface area contributed by atoms with E-state index in [2.05, 4.69) is 32.8 Å². The van der Waals surface area contributed by atoms with Crippen molar-refractivity contribution >= 4 is 85.3 Å². The summed E-state index contributed by atoms with van der Waals surface area (Å²) in [6.45, 7) is 3.95. The Bertz CT molecular complexity index is 1000. The van der Waals surface area contributed by atoms with E-state index < -0.39 is 0 Å². The molecule has 0 aliphatic carbocycles. The van der Waals surface area contributed by atoms with Crippen LogP contribution in [0, 0.1) is 0 Å². The minimum atomic E-state index is -0.263. The van der Waals surface area contributed by atoms with Crippen molar-refractivity contribution in [3.05, 3.63) is 73.0 Å². The van der Waals surface area contributed by atoms with Crippen molar-refractivity contribution in [3.63, 3.8) is 0 Å². The number of rotatable bonds is 5. The fourth-order valence-electron chi connectivity index (χ4n) is 2.26. The van der Waals surface area contributed by atoms with Crippen LogP contribution < -0.4 is 10.1 Å². The number of hydrogen-bond donors (Lipinski definition) is 1. The second-order valence-electron chi connectivity index (χ2n) is 5.47. The van der Waals surface area contributed by atoms with Crippen molar-refractivity contribution in [1.82, 2.24) is 5.32 Å². The predicted octanol–water partition coefficient (Wildman–Crippen LogP) is 6.87. The molecule has 1 fully saturated rings. The van der Waals surface area contributed by atoms with Crippen molar-refractivity contribution in [1.29, 1.82) is 0 Å². The molecule has 1 amide bonds. The van der Waals surface area contributed by atoms with E-state index in [-0.39, 0.29) is 5.91 Å². The first-order valence-electron chi connectivity index (χ1n) is 7.85. The van der Waals surface area contributed by atoms with E-state index in [0.29, 0.717) is 47.7 Å². The molecule has 1 aliphatic heterocycles. The van der Waals surface area contributed by atoms with Crippen LogP contribution in [-0.2, 0) is 4.79 Å². The monoisotopic (exact) mass is 516 g/mol. The van der Waals surface area contributed by atoms with E-state index >= 15 is 0 Å². The maximum absolute atomic E-state index is 12.3. The van der Waals surface area contributed by atoms with Crippen LogP contribution in [0.4, 0.5) is 5.69 Å². The van der Waals surface area contributed by atoms with E-state index in [0.717, 1.165) is 5.56 Å². The molecule has 4 nitrogen and oxygen atoms in total. The second-order valence-corrected chi connectivity index (χ2v) is 8.55. The summed E-state index contributed by atoms with van der Waals surface area (Å²) in [4.78, 5) is 17.1. The second kappa shape index (κ2) is 9.37. The van der Waals surface area contributed by atoms with Crippen LogP contribution in [0.5, 0.6) is 5.75 Å². The molecule has 0 saturated carbocycles. The number of carbonyl (C=O) groups excluding carboxylic acids is 1. The lowest BCUT2D eigenvalue weighted by molar-refractivity contribution is -0.115. The number of hydrogen-bond acceptors (Lipinski definition) is 4. The van der Waals surface area contributed by atoms with Crippen LogP contribution >= 0.6 is 62.5 Å². The Labute approximate surface area is 189 Å². The van der Waals surface area contributed by atoms with Gasteiger partial charge in [0.15, 0.2) is 10.9 Å². The van der Waals surface area contributed by atoms with Crippen LogP contribution in [0.15, 0.2) is 57.4 Å². The molecule has 2 aromatic carbocycles. The zero-order chi connectivity index (χ0) is 20.3. The van der Waals surface area contributed by atoms with Crippen LogP contribution in [-0.4, -0.2) is 17.7 Å². The van der Waals surface area contributed by atoms with E-state index in [4.69, 9.17) is 39.5 Å². The number of ether oxygens (including phenoxy) is 1. The molecule has 1 N–H and O–H groups in total. The number of halogens is 4. The van der Waals surface area contributed by atoms with E-state index in [1.54, 1.807) is 36.4 Å². The third-order valence-corrected chi connectivity index (χ3v) is 6.06. The fourth-order valence-corrected chi connectivity index (χ4v) is 4.42. The highest BCUT2D eigenvalue weighted by Gasteiger charge is 2.24. The lowest BCUT2D eigenvalue weighted by Gasteiger charge is -2.09. The minimum absolute atomic E-state index is 0.263. The van der Waals surface area contributed by atoms with Gasteiger partial charge in [-0.05, 0) is 63.6 Å². The summed E-state index contributed by atoms with van der Waals surface area (Å²) in [5, 5.41) is 4.27. The molecule has 3 rings (SSSR count). The van der Waals surface area contributed by atoms with Gasteiger partial charge in [0.05, 0.1) is 30.1 Å². The normalized spacial score (nSPS) is 16.5. The number of amidine groups is 1. The quantitative estimate of drug-likeness (QED) is 0.347. The maximum Gasteiger partial charge on any atom is 0.264 e. The number of thioether (sulfide) groups is 1. The third-order valence-electron chi connectivity index (χ3n) is 3.47. The van der Waals surface area contributed by atoms with Crippen molar-refractivity contribution in [3.8, 4) is 5.75 Å². The maximum atomic E-state index is 12.3. The molecule has 2 aromatic rings. The molecule has 0 radical (unpaired) electrons. The molecule has 9 heteroatoms. The van der Waals surface area contributed by atoms with Gasteiger partial charge >= 0.3 is 0 Å². The molecule has 1 saturated heterocycles. The first kappa shape index (κ1) is 21.3. The molecular formula is C19H12BrCl3N2O2S. The fraction of sp³-hybridized carbons (Fsp3) is 0.0526. The van der Waals surface area contributed by atoms with Crippen molar-refractivity contribution in [2.24, 2.45) is 4.99 Å². The van der Waals surface area contributed by atoms with Gasteiger partial charge < -0.3 is 10.1 Å². The van der Waals surface area contributed by atoms with Crippen LogP contribution in [0.25, 0.3) is 6.08 Å². The van der Waals surface area contributed by atoms with Gasteiger partial charge in [-0.15, -0.1) is 0 Å². The zero-order valence-electron chi connectivity index (χ0n) is 14.1. The average molecular weight is 519 g/mol. The highest BCUT2D eigenvalue weighted by atomic mass is 79.9. The molecule has 1 heterocycles. The first-order chi connectivity index (χ1) is 13.4. The molecule has 144 valence electrons. The topological polar surface area (TPSA) is 50.7 Å². The van der Waals surface area contributed by atoms with E-state index in [9.17, 15) is 4.79 Å². The smallest absolute Gasteiger partial charge is 0.264 e. The van der Waals surface area contributed by atoms with E-state index in [1.165, 1.54) is 11.8 Å². The Morgan fingerprint density at radius 3 is 2.75 bits per heavy atom. The minimum Gasteiger partial charge on any atom is -0.487 e. The highest BCUT2D eigenvalue weighted by Crippen LogP contribution is 2.37. The number of nitrogens with one attached hydrogen (secondary N) is 1. The Balaban J connectivity index is 1.86. The lowest BCUT2D eigenvalue weighted by atomic mass is 10.2. The highest BCUT2D eigenvalue weighted by molar-refractivity contribution is 9.10. The molecule has 28 heavy (non-hydrogen) atoms. The van der Waals surface area contributed by atoms with Crippen LogP contribution in [0.2, 0.25) is 15.1 Å². The number of benzene rings is 2. The molecular weight excluding hydrogens is 507 g/mol. The van der Waals surface area contributed by atoms with Crippen LogP contribution in [0.1, 0.15) is 5.56 Å². The molecule has 1 aliphatic rings. The number of nitrogens with zero attached hydrogens (tertiary/aromatic N) is 1. The molecule has 0 bridgehead atoms. The molecule has 0 unspecified atom stereocenters. The van der Waals surface area contributed by atoms with Gasteiger partial charge in [0.2, 0.25) is 0 Å². The first-order valence-corrected chi connectivity index (χ1v) is 10.6. The van der Waals surface area contributed by atoms with Gasteiger partial charge in [0.25, 0.3) is 5.91 Å². The van der Waals surface area contributed by atoms with Gasteiger partial charge in [0, 0.05) is 0 Å². The Morgan fingerprint density at radius 1 is 1.25 bits per heavy atom. The van der Waals surface area contributed by atoms with Gasteiger partial charge in [-0.2, -0.15) is 0 Å². The van der Waals surface area contributed by atoms with Crippen molar-refractivity contribution < 1.29 is 9.53 Å². The number of carbonyl (C=O) groups is 1. The van der Waals surface area contributed by atoms with Gasteiger partial charge in [-0.25, -0.2) is 4.99 Å². The number of aliphatic imine (C=N–C) groups is 1. The molecule has 0 aromatic heterocycles. The SMILES string of the molecule is C=CCOc1c(Cl)cc(/C=C2\SC(=Nc3cccc(Cl)c3Cl)NC2=O)cc1Br. The van der Waals surface area contributed by atoms with Gasteiger partial charge in [0.1, 0.15) is 6.61 Å². The standard InChI is InChI=1S/C19H12BrCl3N2O2S/c1-2-6-27-17-11(20)7-10(8-13(17)22)9-15-18(26)25-19(28-15)24-14-5-3-4-12(21)16(14)23/h2-5,7-9H,1,6H2,(H,24,25,26)/b15-9-. The van der Waals surface area contributed by atoms with Gasteiger partial charge in [-0.3, -0.25) is 4.79 Å². The summed E-state index contributed by atoms with van der Waals surface area (Å²) in [6, 6.07) is 8.65. The largest absolute Gasteiger partial charge is 0.487 e. The number of amides is 1. The molecule has 0 spiro atoms. The van der Waals surface area contributed by atoms with Crippen molar-refractivity contribution in [2.45, 2.75) is 0 Å².